The number of aliphatic imine (C=N–C) groups is 1. The highest BCUT2D eigenvalue weighted by atomic mass is 35.5. The molecule has 1 aliphatic heterocycles. The minimum Gasteiger partial charge on any atom is -0.494 e. The normalized spacial score (nSPS) is 14.9. The highest BCUT2D eigenvalue weighted by Gasteiger charge is 2.32. The van der Waals surface area contributed by atoms with Crippen LogP contribution in [0.15, 0.2) is 83.5 Å². The number of nitrogens with zero attached hydrogens (tertiary/aromatic N) is 2. The van der Waals surface area contributed by atoms with Crippen molar-refractivity contribution in [2.75, 3.05) is 11.5 Å². The molecule has 0 radical (unpaired) electrons. The molecule has 4 nitrogen and oxygen atoms in total. The molecule has 30 heavy (non-hydrogen) atoms. The van der Waals surface area contributed by atoms with Gasteiger partial charge in [-0.3, -0.25) is 9.69 Å². The van der Waals surface area contributed by atoms with Crippen LogP contribution in [0.25, 0.3) is 6.08 Å². The Labute approximate surface area is 181 Å². The zero-order valence-corrected chi connectivity index (χ0v) is 17.6. The molecule has 0 spiro atoms. The Kier molecular flexibility index (Phi) is 5.68. The summed E-state index contributed by atoms with van der Waals surface area (Å²) in [4.78, 5) is 19.7. The van der Waals surface area contributed by atoms with Crippen molar-refractivity contribution in [1.82, 2.24) is 0 Å². The first-order chi connectivity index (χ1) is 14.5. The molecule has 0 saturated heterocycles. The maximum absolute atomic E-state index is 13.3. The van der Waals surface area contributed by atoms with Crippen LogP contribution in [0.3, 0.4) is 0 Å². The highest BCUT2D eigenvalue weighted by Crippen LogP contribution is 2.29. The van der Waals surface area contributed by atoms with E-state index >= 15 is 0 Å². The Bertz CT molecular complexity index is 1120. The molecular formula is C25H21ClN2O2. The molecule has 4 rings (SSSR count). The van der Waals surface area contributed by atoms with Gasteiger partial charge in [-0.05, 0) is 61.9 Å². The van der Waals surface area contributed by atoms with Crippen LogP contribution in [-0.2, 0) is 4.79 Å². The molecule has 0 fully saturated rings. The van der Waals surface area contributed by atoms with Crippen LogP contribution in [0.1, 0.15) is 23.6 Å². The van der Waals surface area contributed by atoms with E-state index in [-0.39, 0.29) is 5.91 Å². The molecule has 0 unspecified atom stereocenters. The van der Waals surface area contributed by atoms with Crippen molar-refractivity contribution in [3.8, 4) is 5.75 Å². The van der Waals surface area contributed by atoms with Crippen LogP contribution in [-0.4, -0.2) is 18.3 Å². The third-order valence-corrected chi connectivity index (χ3v) is 5.00. The Morgan fingerprint density at radius 2 is 1.63 bits per heavy atom. The van der Waals surface area contributed by atoms with Gasteiger partial charge in [-0.2, -0.15) is 0 Å². The van der Waals surface area contributed by atoms with Crippen molar-refractivity contribution in [3.05, 3.63) is 100 Å². The number of benzene rings is 3. The van der Waals surface area contributed by atoms with Crippen LogP contribution in [0.4, 0.5) is 5.69 Å². The fourth-order valence-corrected chi connectivity index (χ4v) is 3.35. The van der Waals surface area contributed by atoms with Crippen molar-refractivity contribution < 1.29 is 9.53 Å². The van der Waals surface area contributed by atoms with E-state index in [1.54, 1.807) is 23.1 Å². The second-order valence-electron chi connectivity index (χ2n) is 6.95. The fourth-order valence-electron chi connectivity index (χ4n) is 3.23. The van der Waals surface area contributed by atoms with Crippen molar-refractivity contribution in [1.29, 1.82) is 0 Å². The lowest BCUT2D eigenvalue weighted by molar-refractivity contribution is -0.113. The lowest BCUT2D eigenvalue weighted by Gasteiger charge is -2.19. The minimum absolute atomic E-state index is 0.176. The third kappa shape index (κ3) is 4.14. The zero-order chi connectivity index (χ0) is 21.1. The summed E-state index contributed by atoms with van der Waals surface area (Å²) in [5.74, 6) is 1.19. The van der Waals surface area contributed by atoms with Gasteiger partial charge in [0.1, 0.15) is 17.3 Å². The second kappa shape index (κ2) is 8.56. The summed E-state index contributed by atoms with van der Waals surface area (Å²) in [6.07, 6.45) is 1.78. The molecule has 150 valence electrons. The predicted octanol–water partition coefficient (Wildman–Crippen LogP) is 5.88. The van der Waals surface area contributed by atoms with E-state index in [2.05, 4.69) is 0 Å². The monoisotopic (exact) mass is 416 g/mol. The number of carbonyl (C=O) groups excluding carboxylic acids is 1. The molecule has 1 amide bonds. The van der Waals surface area contributed by atoms with Crippen LogP contribution in [0.5, 0.6) is 5.75 Å². The van der Waals surface area contributed by atoms with Gasteiger partial charge in [-0.15, -0.1) is 0 Å². The Balaban J connectivity index is 1.76. The van der Waals surface area contributed by atoms with Crippen LogP contribution >= 0.6 is 11.6 Å². The first kappa shape index (κ1) is 19.9. The highest BCUT2D eigenvalue weighted by molar-refractivity contribution is 6.33. The van der Waals surface area contributed by atoms with Crippen molar-refractivity contribution in [3.63, 3.8) is 0 Å². The van der Waals surface area contributed by atoms with Gasteiger partial charge in [-0.1, -0.05) is 53.6 Å². The van der Waals surface area contributed by atoms with Gasteiger partial charge >= 0.3 is 0 Å². The van der Waals surface area contributed by atoms with Gasteiger partial charge in [-0.25, -0.2) is 4.99 Å². The van der Waals surface area contributed by atoms with Crippen molar-refractivity contribution in [2.24, 2.45) is 4.99 Å². The molecule has 0 bridgehead atoms. The second-order valence-corrected chi connectivity index (χ2v) is 7.39. The fraction of sp³-hybridized carbons (Fsp3) is 0.120. The summed E-state index contributed by atoms with van der Waals surface area (Å²) in [6.45, 7) is 4.56. The lowest BCUT2D eigenvalue weighted by Crippen LogP contribution is -2.32. The topological polar surface area (TPSA) is 41.9 Å². The van der Waals surface area contributed by atoms with Gasteiger partial charge in [0, 0.05) is 10.6 Å². The molecule has 1 heterocycles. The average Bonchev–Trinajstić information content (AvgIpc) is 3.07. The molecule has 0 aromatic heterocycles. The number of aryl methyl sites for hydroxylation is 1. The minimum atomic E-state index is -0.176. The molecule has 0 saturated carbocycles. The maximum atomic E-state index is 13.3. The molecule has 3 aromatic carbocycles. The SMILES string of the molecule is CCOc1ccc(N2C(=O)/C(=C\c3ccc(Cl)cc3)N=C2c2ccc(C)cc2)cc1. The maximum Gasteiger partial charge on any atom is 0.282 e. The van der Waals surface area contributed by atoms with Gasteiger partial charge < -0.3 is 4.74 Å². The number of hydrogen-bond donors (Lipinski definition) is 0. The molecule has 1 aliphatic rings. The summed E-state index contributed by atoms with van der Waals surface area (Å²) in [5.41, 5.74) is 4.00. The number of amides is 1. The molecular weight excluding hydrogens is 396 g/mol. The van der Waals surface area contributed by atoms with Gasteiger partial charge in [0.25, 0.3) is 5.91 Å². The molecule has 3 aromatic rings. The van der Waals surface area contributed by atoms with Crippen molar-refractivity contribution in [2.45, 2.75) is 13.8 Å². The van der Waals surface area contributed by atoms with Crippen LogP contribution < -0.4 is 9.64 Å². The largest absolute Gasteiger partial charge is 0.494 e. The molecule has 0 aliphatic carbocycles. The Morgan fingerprint density at radius 1 is 0.967 bits per heavy atom. The number of rotatable bonds is 5. The van der Waals surface area contributed by atoms with E-state index in [1.165, 1.54) is 0 Å². The average molecular weight is 417 g/mol. The number of anilines is 1. The van der Waals surface area contributed by atoms with Crippen LogP contribution in [0.2, 0.25) is 5.02 Å². The third-order valence-electron chi connectivity index (χ3n) is 4.75. The lowest BCUT2D eigenvalue weighted by atomic mass is 10.1. The van der Waals surface area contributed by atoms with Crippen LogP contribution in [0, 0.1) is 6.92 Å². The summed E-state index contributed by atoms with van der Waals surface area (Å²) in [7, 11) is 0. The van der Waals surface area contributed by atoms with E-state index in [0.717, 1.165) is 28.1 Å². The summed E-state index contributed by atoms with van der Waals surface area (Å²) in [5, 5.41) is 0.648. The number of halogens is 1. The van der Waals surface area contributed by atoms with Crippen molar-refractivity contribution >= 4 is 35.1 Å². The Morgan fingerprint density at radius 3 is 2.27 bits per heavy atom. The first-order valence-corrected chi connectivity index (χ1v) is 10.1. The van der Waals surface area contributed by atoms with E-state index in [9.17, 15) is 4.79 Å². The standard InChI is InChI=1S/C25H21ClN2O2/c1-3-30-22-14-12-21(13-15-22)28-24(19-8-4-17(2)5-9-19)27-23(25(28)29)16-18-6-10-20(26)11-7-18/h4-16H,3H2,1-2H3/b23-16+. The van der Waals surface area contributed by atoms with E-state index in [1.807, 2.05) is 74.5 Å². The van der Waals surface area contributed by atoms with E-state index < -0.39 is 0 Å². The van der Waals surface area contributed by atoms with Gasteiger partial charge in [0.2, 0.25) is 0 Å². The Hall–Kier alpha value is -3.37. The molecule has 0 N–H and O–H groups in total. The smallest absolute Gasteiger partial charge is 0.282 e. The molecule has 0 atom stereocenters. The summed E-state index contributed by atoms with van der Waals surface area (Å²) >= 11 is 5.98. The summed E-state index contributed by atoms with van der Waals surface area (Å²) in [6, 6.07) is 22.8. The van der Waals surface area contributed by atoms with Gasteiger partial charge in [0.05, 0.1) is 12.3 Å². The summed E-state index contributed by atoms with van der Waals surface area (Å²) < 4.78 is 5.53. The van der Waals surface area contributed by atoms with Gasteiger partial charge in [0.15, 0.2) is 0 Å². The van der Waals surface area contributed by atoms with E-state index in [0.29, 0.717) is 23.2 Å². The first-order valence-electron chi connectivity index (χ1n) is 9.75. The van der Waals surface area contributed by atoms with E-state index in [4.69, 9.17) is 21.3 Å². The number of hydrogen-bond acceptors (Lipinski definition) is 3. The quantitative estimate of drug-likeness (QED) is 0.487. The number of carbonyl (C=O) groups is 1. The molecule has 5 heteroatoms. The number of amidine groups is 1. The number of ether oxygens (including phenoxy) is 1. The zero-order valence-electron chi connectivity index (χ0n) is 16.8. The predicted molar refractivity (Wildman–Crippen MR) is 122 cm³/mol.